The van der Waals surface area contributed by atoms with Crippen LogP contribution in [0.5, 0.6) is 0 Å². The Morgan fingerprint density at radius 1 is 1.09 bits per heavy atom. The molecular weight excluding hydrogens is 448 g/mol. The molecule has 0 saturated carbocycles. The Morgan fingerprint density at radius 2 is 1.79 bits per heavy atom. The molecule has 0 radical (unpaired) electrons. The molecule has 1 aromatic heterocycles. The number of aryl methyl sites for hydroxylation is 2. The Bertz CT molecular complexity index is 1410. The van der Waals surface area contributed by atoms with E-state index in [1.807, 2.05) is 76.2 Å². The number of urea groups is 1. The number of nitrogens with zero attached hydrogens (tertiary/aromatic N) is 3. The van der Waals surface area contributed by atoms with E-state index >= 15 is 0 Å². The second-order valence-electron chi connectivity index (χ2n) is 8.31. The summed E-state index contributed by atoms with van der Waals surface area (Å²) in [6.07, 6.45) is 0. The minimum Gasteiger partial charge on any atom is -0.315 e. The van der Waals surface area contributed by atoms with E-state index in [9.17, 15) is 9.59 Å². The van der Waals surface area contributed by atoms with Crippen LogP contribution in [0.25, 0.3) is 16.6 Å². The van der Waals surface area contributed by atoms with Crippen LogP contribution >= 0.6 is 11.6 Å². The van der Waals surface area contributed by atoms with Crippen LogP contribution in [0.3, 0.4) is 0 Å². The molecule has 1 heterocycles. The normalized spacial score (nSPS) is 11.9. The minimum absolute atomic E-state index is 0.206. The third-order valence-electron chi connectivity index (χ3n) is 5.98. The molecule has 1 N–H and O–H groups in total. The lowest BCUT2D eigenvalue weighted by Crippen LogP contribution is -2.39. The van der Waals surface area contributed by atoms with Gasteiger partial charge in [0, 0.05) is 17.3 Å². The zero-order chi connectivity index (χ0) is 24.4. The van der Waals surface area contributed by atoms with Crippen molar-refractivity contribution in [2.45, 2.75) is 33.7 Å². The van der Waals surface area contributed by atoms with Crippen molar-refractivity contribution in [3.05, 3.63) is 99.1 Å². The monoisotopic (exact) mass is 474 g/mol. The number of hydrogen-bond donors (Lipinski definition) is 1. The molecule has 174 valence electrons. The molecule has 7 heteroatoms. The predicted octanol–water partition coefficient (Wildman–Crippen LogP) is 6.27. The van der Waals surface area contributed by atoms with Gasteiger partial charge in [0.1, 0.15) is 5.82 Å². The lowest BCUT2D eigenvalue weighted by atomic mass is 10.1. The van der Waals surface area contributed by atoms with Crippen LogP contribution in [-0.4, -0.2) is 27.0 Å². The SMILES string of the molecule is CCN(C(=O)Nc1ccccc1C)C(C)c1nc2cc(Cl)ccc2c(=O)n1-c1ccc(C)cc1. The van der Waals surface area contributed by atoms with Gasteiger partial charge in [-0.05, 0) is 69.7 Å². The lowest BCUT2D eigenvalue weighted by Gasteiger charge is -2.30. The molecule has 34 heavy (non-hydrogen) atoms. The molecule has 6 nitrogen and oxygen atoms in total. The third-order valence-corrected chi connectivity index (χ3v) is 6.21. The summed E-state index contributed by atoms with van der Waals surface area (Å²) in [7, 11) is 0. The molecule has 0 aliphatic heterocycles. The van der Waals surface area contributed by atoms with Gasteiger partial charge >= 0.3 is 6.03 Å². The van der Waals surface area contributed by atoms with Crippen LogP contribution in [0.1, 0.15) is 36.8 Å². The van der Waals surface area contributed by atoms with Crippen molar-refractivity contribution in [1.29, 1.82) is 0 Å². The fraction of sp³-hybridized carbons (Fsp3) is 0.222. The first-order valence-electron chi connectivity index (χ1n) is 11.2. The van der Waals surface area contributed by atoms with Crippen molar-refractivity contribution in [2.75, 3.05) is 11.9 Å². The van der Waals surface area contributed by atoms with Gasteiger partial charge in [0.25, 0.3) is 5.56 Å². The quantitative estimate of drug-likeness (QED) is 0.370. The molecule has 0 saturated heterocycles. The van der Waals surface area contributed by atoms with Gasteiger partial charge < -0.3 is 10.2 Å². The van der Waals surface area contributed by atoms with Crippen molar-refractivity contribution in [2.24, 2.45) is 0 Å². The summed E-state index contributed by atoms with van der Waals surface area (Å²) < 4.78 is 1.59. The predicted molar refractivity (Wildman–Crippen MR) is 138 cm³/mol. The van der Waals surface area contributed by atoms with E-state index in [0.29, 0.717) is 34.0 Å². The van der Waals surface area contributed by atoms with Crippen molar-refractivity contribution in [3.63, 3.8) is 0 Å². The standard InChI is InChI=1S/C27H27ClN4O2/c1-5-31(27(34)30-23-9-7-6-8-18(23)3)19(4)25-29-24-16-20(28)12-15-22(24)26(33)32(25)21-13-10-17(2)11-14-21/h6-16,19H,5H2,1-4H3,(H,30,34). The van der Waals surface area contributed by atoms with E-state index in [1.54, 1.807) is 27.7 Å². The highest BCUT2D eigenvalue weighted by molar-refractivity contribution is 6.31. The second-order valence-corrected chi connectivity index (χ2v) is 8.75. The van der Waals surface area contributed by atoms with Gasteiger partial charge in [-0.2, -0.15) is 0 Å². The molecule has 1 unspecified atom stereocenters. The number of halogens is 1. The Hall–Kier alpha value is -3.64. The summed E-state index contributed by atoms with van der Waals surface area (Å²) in [6, 6.07) is 19.6. The number of benzene rings is 3. The van der Waals surface area contributed by atoms with Crippen molar-refractivity contribution < 1.29 is 4.79 Å². The van der Waals surface area contributed by atoms with Crippen molar-refractivity contribution in [1.82, 2.24) is 14.5 Å². The van der Waals surface area contributed by atoms with Gasteiger partial charge in [0.15, 0.2) is 0 Å². The number of rotatable bonds is 5. The first kappa shape index (κ1) is 23.5. The van der Waals surface area contributed by atoms with E-state index in [1.165, 1.54) is 0 Å². The van der Waals surface area contributed by atoms with E-state index in [2.05, 4.69) is 5.32 Å². The van der Waals surface area contributed by atoms with Gasteiger partial charge in [0.2, 0.25) is 0 Å². The van der Waals surface area contributed by atoms with Gasteiger partial charge in [-0.25, -0.2) is 9.78 Å². The zero-order valence-corrected chi connectivity index (χ0v) is 20.4. The highest BCUT2D eigenvalue weighted by atomic mass is 35.5. The van der Waals surface area contributed by atoms with E-state index < -0.39 is 6.04 Å². The Kier molecular flexibility index (Phi) is 6.70. The van der Waals surface area contributed by atoms with Gasteiger partial charge in [0.05, 0.1) is 22.6 Å². The number of hydrogen-bond acceptors (Lipinski definition) is 3. The Labute approximate surface area is 203 Å². The van der Waals surface area contributed by atoms with Crippen molar-refractivity contribution >= 4 is 34.2 Å². The maximum absolute atomic E-state index is 13.6. The number of para-hydroxylation sites is 1. The number of anilines is 1. The van der Waals surface area contributed by atoms with E-state index in [-0.39, 0.29) is 11.6 Å². The lowest BCUT2D eigenvalue weighted by molar-refractivity contribution is 0.193. The second kappa shape index (κ2) is 9.69. The maximum atomic E-state index is 13.6. The summed E-state index contributed by atoms with van der Waals surface area (Å²) >= 11 is 6.20. The van der Waals surface area contributed by atoms with E-state index in [4.69, 9.17) is 16.6 Å². The van der Waals surface area contributed by atoms with Crippen LogP contribution in [0, 0.1) is 13.8 Å². The molecule has 4 rings (SSSR count). The molecule has 1 atom stereocenters. The van der Waals surface area contributed by atoms with Crippen LogP contribution in [0.15, 0.2) is 71.5 Å². The summed E-state index contributed by atoms with van der Waals surface area (Å²) in [5.74, 6) is 0.463. The molecule has 0 aliphatic rings. The smallest absolute Gasteiger partial charge is 0.315 e. The molecule has 0 fully saturated rings. The fourth-order valence-corrected chi connectivity index (χ4v) is 4.20. The van der Waals surface area contributed by atoms with Gasteiger partial charge in [-0.1, -0.05) is 47.5 Å². The summed E-state index contributed by atoms with van der Waals surface area (Å²) in [5.41, 5.74) is 3.78. The Morgan fingerprint density at radius 3 is 2.47 bits per heavy atom. The van der Waals surface area contributed by atoms with Crippen LogP contribution in [0.2, 0.25) is 5.02 Å². The maximum Gasteiger partial charge on any atom is 0.322 e. The fourth-order valence-electron chi connectivity index (χ4n) is 4.03. The molecule has 0 bridgehead atoms. The number of nitrogens with one attached hydrogen (secondary N) is 1. The van der Waals surface area contributed by atoms with Crippen molar-refractivity contribution in [3.8, 4) is 5.69 Å². The molecule has 4 aromatic rings. The minimum atomic E-state index is -0.494. The largest absolute Gasteiger partial charge is 0.322 e. The van der Waals surface area contributed by atoms with Crippen LogP contribution < -0.4 is 10.9 Å². The first-order valence-corrected chi connectivity index (χ1v) is 11.6. The highest BCUT2D eigenvalue weighted by Gasteiger charge is 2.26. The van der Waals surface area contributed by atoms with E-state index in [0.717, 1.165) is 16.8 Å². The average Bonchev–Trinajstić information content (AvgIpc) is 2.81. The zero-order valence-electron chi connectivity index (χ0n) is 19.7. The highest BCUT2D eigenvalue weighted by Crippen LogP contribution is 2.25. The topological polar surface area (TPSA) is 67.2 Å². The molecule has 2 amide bonds. The molecule has 0 spiro atoms. The number of fused-ring (bicyclic) bond motifs is 1. The summed E-state index contributed by atoms with van der Waals surface area (Å²) in [4.78, 5) is 33.4. The number of amides is 2. The molecule has 3 aromatic carbocycles. The van der Waals surface area contributed by atoms with Gasteiger partial charge in [-0.15, -0.1) is 0 Å². The van der Waals surface area contributed by atoms with Gasteiger partial charge in [-0.3, -0.25) is 9.36 Å². The first-order chi connectivity index (χ1) is 16.3. The van der Waals surface area contributed by atoms with Crippen LogP contribution in [0.4, 0.5) is 10.5 Å². The molecule has 0 aliphatic carbocycles. The Balaban J connectivity index is 1.84. The number of carbonyl (C=O) groups is 1. The number of aromatic nitrogens is 2. The summed E-state index contributed by atoms with van der Waals surface area (Å²) in [5, 5.41) is 3.95. The average molecular weight is 475 g/mol. The number of carbonyl (C=O) groups excluding carboxylic acids is 1. The molecular formula is C27H27ClN4O2. The third kappa shape index (κ3) is 4.54. The van der Waals surface area contributed by atoms with Crippen LogP contribution in [-0.2, 0) is 0 Å². The summed E-state index contributed by atoms with van der Waals surface area (Å²) in [6.45, 7) is 8.14.